The number of sulfone groups is 1. The third-order valence-corrected chi connectivity index (χ3v) is 18.0. The van der Waals surface area contributed by atoms with E-state index in [0.717, 1.165) is 35.8 Å². The smallest absolute Gasteiger partial charge is 0.251 e. The van der Waals surface area contributed by atoms with E-state index in [0.29, 0.717) is 90.6 Å². The molecule has 6 aromatic rings. The summed E-state index contributed by atoms with van der Waals surface area (Å²) in [4.78, 5) is 73.1. The summed E-state index contributed by atoms with van der Waals surface area (Å²) in [6, 6.07) is 41.1. The second-order valence-corrected chi connectivity index (χ2v) is 24.3. The molecule has 0 aromatic heterocycles. The molecule has 4 aliphatic heterocycles. The highest BCUT2D eigenvalue weighted by Crippen LogP contribution is 2.48. The fraction of sp³-hybridized carbons (Fsp3) is 0.344. The van der Waals surface area contributed by atoms with Crippen molar-refractivity contribution in [3.8, 4) is 11.5 Å². The van der Waals surface area contributed by atoms with Gasteiger partial charge in [-0.15, -0.1) is 0 Å². The molecule has 1 aliphatic carbocycles. The number of benzene rings is 6. The van der Waals surface area contributed by atoms with Crippen LogP contribution in [-0.4, -0.2) is 78.8 Å². The number of para-hydroxylation sites is 2. The minimum Gasteiger partial charge on any atom is -0.493 e. The fourth-order valence-electron chi connectivity index (χ4n) is 12.3. The van der Waals surface area contributed by atoms with Crippen LogP contribution in [0, 0.1) is 5.92 Å². The number of aliphatic imine (C=N–C) groups is 2. The maximum absolute atomic E-state index is 15.4. The second-order valence-electron chi connectivity index (χ2n) is 22.3. The van der Waals surface area contributed by atoms with Gasteiger partial charge in [-0.2, -0.15) is 0 Å². The van der Waals surface area contributed by atoms with E-state index < -0.39 is 44.9 Å². The number of hydrogen-bond donors (Lipinski definition) is 4. The molecular formula is C64H68N8O8S. The molecule has 0 spiro atoms. The van der Waals surface area contributed by atoms with E-state index >= 15 is 9.59 Å². The number of nitrogens with one attached hydrogen (secondary N) is 2. The Kier molecular flexibility index (Phi) is 15.1. The number of fused-ring (bicyclic) bond motifs is 2. The van der Waals surface area contributed by atoms with Gasteiger partial charge in [0.15, 0.2) is 21.8 Å². The number of carbonyl (C=O) groups excluding carboxylic acids is 4. The highest BCUT2D eigenvalue weighted by atomic mass is 32.2. The van der Waals surface area contributed by atoms with Crippen LogP contribution in [0.15, 0.2) is 160 Å². The highest BCUT2D eigenvalue weighted by Gasteiger charge is 2.47. The van der Waals surface area contributed by atoms with Gasteiger partial charge in [0.2, 0.25) is 11.8 Å². The Bertz CT molecular complexity index is 3600. The Morgan fingerprint density at radius 3 is 1.84 bits per heavy atom. The van der Waals surface area contributed by atoms with Crippen LogP contribution in [-0.2, 0) is 31.4 Å². The Morgan fingerprint density at radius 2 is 1.22 bits per heavy atom. The number of rotatable bonds is 17. The number of amides is 4. The fourth-order valence-corrected chi connectivity index (χ4v) is 13.0. The first-order valence-electron chi connectivity index (χ1n) is 28.0. The van der Waals surface area contributed by atoms with Crippen molar-refractivity contribution in [2.24, 2.45) is 27.4 Å². The summed E-state index contributed by atoms with van der Waals surface area (Å²) in [6.45, 7) is 4.73. The lowest BCUT2D eigenvalue weighted by Crippen LogP contribution is -2.53. The molecule has 17 heteroatoms. The van der Waals surface area contributed by atoms with Crippen molar-refractivity contribution >= 4 is 45.4 Å². The molecule has 6 aromatic carbocycles. The van der Waals surface area contributed by atoms with Crippen LogP contribution in [0.1, 0.15) is 155 Å². The van der Waals surface area contributed by atoms with E-state index in [1.807, 2.05) is 105 Å². The van der Waals surface area contributed by atoms with Crippen molar-refractivity contribution in [2.45, 2.75) is 118 Å². The first-order valence-corrected chi connectivity index (χ1v) is 29.9. The largest absolute Gasteiger partial charge is 0.493 e. The van der Waals surface area contributed by atoms with Gasteiger partial charge in [0.25, 0.3) is 11.8 Å². The molecule has 16 nitrogen and oxygen atoms in total. The number of nitrogens with zero attached hydrogens (tertiary/aromatic N) is 4. The van der Waals surface area contributed by atoms with Gasteiger partial charge >= 0.3 is 0 Å². The van der Waals surface area contributed by atoms with Gasteiger partial charge in [-0.05, 0) is 108 Å². The maximum atomic E-state index is 15.4. The van der Waals surface area contributed by atoms with Gasteiger partial charge < -0.3 is 31.6 Å². The molecule has 1 saturated carbocycles. The van der Waals surface area contributed by atoms with Crippen LogP contribution in [0.5, 0.6) is 11.5 Å². The summed E-state index contributed by atoms with van der Waals surface area (Å²) >= 11 is 0. The minimum atomic E-state index is -3.76. The lowest BCUT2D eigenvalue weighted by Gasteiger charge is -2.42. The van der Waals surface area contributed by atoms with Gasteiger partial charge in [0, 0.05) is 41.4 Å². The van der Waals surface area contributed by atoms with Crippen molar-refractivity contribution in [1.29, 1.82) is 0 Å². The number of nitrogens with two attached hydrogens (primary N) is 2. The quantitative estimate of drug-likeness (QED) is 0.0676. The molecule has 5 atom stereocenters. The Balaban J connectivity index is 1.07. The van der Waals surface area contributed by atoms with Crippen molar-refractivity contribution in [3.05, 3.63) is 196 Å². The second kappa shape index (κ2) is 22.3. The SMILES string of the molecule is CCC1(CC)CC(=O)N(C(c2cc(CC(c3cccc(C(=O)N[C@H]4CCOc5ccccc54)c3)N3C(=O)C[C@](CC4CC4)(c4ccccc4)N=C3N)cc(C(=O)N[C@H]3CCOc4ccccc43)c2)c2cccc(S(C)(=O)=O)c2)C(N)=N1. The van der Waals surface area contributed by atoms with Crippen molar-refractivity contribution < 1.29 is 37.1 Å². The van der Waals surface area contributed by atoms with Gasteiger partial charge in [-0.3, -0.25) is 29.0 Å². The Hall–Kier alpha value is -8.31. The van der Waals surface area contributed by atoms with Gasteiger partial charge in [0.05, 0.1) is 66.2 Å². The van der Waals surface area contributed by atoms with Crippen LogP contribution in [0.4, 0.5) is 0 Å². The molecule has 1 fully saturated rings. The molecule has 4 amide bonds. The molecule has 0 saturated heterocycles. The van der Waals surface area contributed by atoms with Gasteiger partial charge in [-0.25, -0.2) is 18.4 Å². The topological polar surface area (TPSA) is 228 Å². The van der Waals surface area contributed by atoms with Crippen LogP contribution >= 0.6 is 0 Å². The summed E-state index contributed by atoms with van der Waals surface area (Å²) < 4.78 is 38.4. The highest BCUT2D eigenvalue weighted by molar-refractivity contribution is 7.90. The molecule has 0 radical (unpaired) electrons. The predicted octanol–water partition coefficient (Wildman–Crippen LogP) is 9.32. The third kappa shape index (κ3) is 11.3. The van der Waals surface area contributed by atoms with E-state index in [-0.39, 0.29) is 65.4 Å². The molecule has 418 valence electrons. The van der Waals surface area contributed by atoms with Gasteiger partial charge in [0.1, 0.15) is 11.5 Å². The normalized spacial score (nSPS) is 21.2. The summed E-state index contributed by atoms with van der Waals surface area (Å²) in [5, 5.41) is 6.49. The Morgan fingerprint density at radius 1 is 0.642 bits per heavy atom. The first-order chi connectivity index (χ1) is 39.0. The molecular weight excluding hydrogens is 1040 g/mol. The monoisotopic (exact) mass is 1110 g/mol. The van der Waals surface area contributed by atoms with Crippen molar-refractivity contribution in [2.75, 3.05) is 19.5 Å². The zero-order valence-corrected chi connectivity index (χ0v) is 46.7. The van der Waals surface area contributed by atoms with Crippen LogP contribution in [0.2, 0.25) is 0 Å². The zero-order valence-electron chi connectivity index (χ0n) is 45.8. The average molecular weight is 1110 g/mol. The van der Waals surface area contributed by atoms with E-state index in [2.05, 4.69) is 10.6 Å². The molecule has 11 rings (SSSR count). The van der Waals surface area contributed by atoms with E-state index in [1.54, 1.807) is 42.5 Å². The average Bonchev–Trinajstić information content (AvgIpc) is 4.47. The predicted molar refractivity (Wildman–Crippen MR) is 309 cm³/mol. The van der Waals surface area contributed by atoms with Crippen LogP contribution in [0.3, 0.4) is 0 Å². The molecule has 5 aliphatic rings. The number of carbonyl (C=O) groups is 4. The zero-order chi connectivity index (χ0) is 56.6. The molecule has 81 heavy (non-hydrogen) atoms. The molecule has 2 unspecified atom stereocenters. The summed E-state index contributed by atoms with van der Waals surface area (Å²) in [5.41, 5.74) is 17.6. The molecule has 4 heterocycles. The standard InChI is InChI=1S/C64H68N8O8S/c1-4-63(5-2)38-56(73)72(61(65)69-63)58(43-16-14-20-48(36-43)81(3,77)78)45-31-41(32-46(35-45)60(76)68-52-28-30-80-55-24-12-10-22-50(52)55)33-53(71-57(74)39-64(70-62(71)66,37-40-25-26-40)47-18-7-6-8-19-47)42-15-13-17-44(34-42)59(75)67-51-27-29-79-54-23-11-9-21-49(51)54/h6-24,31-32,34-36,40,51-53,58H,4-5,25-30,33,37-39H2,1-3H3,(H2,65,69)(H2,66,70)(H,67,75)(H,68,76)/t51-,52-,53?,58?,64+/m0/s1. The van der Waals surface area contributed by atoms with E-state index in [1.165, 1.54) is 21.9 Å². The van der Waals surface area contributed by atoms with Crippen LogP contribution in [0.25, 0.3) is 0 Å². The summed E-state index contributed by atoms with van der Waals surface area (Å²) in [5.74, 6) is 0.361. The minimum absolute atomic E-state index is 0.00965. The van der Waals surface area contributed by atoms with Crippen molar-refractivity contribution in [1.82, 2.24) is 20.4 Å². The number of guanidine groups is 2. The lowest BCUT2D eigenvalue weighted by atomic mass is 9.80. The maximum Gasteiger partial charge on any atom is 0.251 e. The van der Waals surface area contributed by atoms with E-state index in [4.69, 9.17) is 30.9 Å². The third-order valence-electron chi connectivity index (χ3n) is 16.8. The lowest BCUT2D eigenvalue weighted by molar-refractivity contribution is -0.132. The van der Waals surface area contributed by atoms with Crippen LogP contribution < -0.4 is 31.6 Å². The molecule has 0 bridgehead atoms. The summed E-state index contributed by atoms with van der Waals surface area (Å²) in [6.07, 6.45) is 6.08. The number of hydrogen-bond acceptors (Lipinski definition) is 12. The first kappa shape index (κ1) is 54.6. The Labute approximate surface area is 472 Å². The van der Waals surface area contributed by atoms with Crippen molar-refractivity contribution in [3.63, 3.8) is 0 Å². The number of ether oxygens (including phenoxy) is 2. The van der Waals surface area contributed by atoms with Gasteiger partial charge in [-0.1, -0.05) is 124 Å². The van der Waals surface area contributed by atoms with E-state index in [9.17, 15) is 18.0 Å². The summed E-state index contributed by atoms with van der Waals surface area (Å²) in [7, 11) is -3.76. The molecule has 6 N–H and O–H groups in total.